The van der Waals surface area contributed by atoms with Crippen LogP contribution >= 0.6 is 0 Å². The van der Waals surface area contributed by atoms with Crippen molar-refractivity contribution in [3.63, 3.8) is 0 Å². The van der Waals surface area contributed by atoms with Crippen molar-refractivity contribution >= 4 is 5.97 Å². The molecule has 0 aliphatic rings. The summed E-state index contributed by atoms with van der Waals surface area (Å²) >= 11 is 0. The Balaban J connectivity index is 4.39. The molecule has 0 saturated heterocycles. The standard InChI is InChI=1S/C18H34F3NO2/c1-5-6-7-8-9-10-11-12-13-14(15(22)18(19,20)21)16(23)24-17(2,3)4/h14-15H,5-13,22H2,1-4H3/t14-,15-/m0/s1. The van der Waals surface area contributed by atoms with Crippen LogP contribution in [0.3, 0.4) is 0 Å². The minimum atomic E-state index is -4.60. The van der Waals surface area contributed by atoms with Gasteiger partial charge >= 0.3 is 12.1 Å². The summed E-state index contributed by atoms with van der Waals surface area (Å²) in [6, 6.07) is -2.17. The van der Waals surface area contributed by atoms with Crippen LogP contribution in [0.4, 0.5) is 13.2 Å². The molecule has 3 nitrogen and oxygen atoms in total. The largest absolute Gasteiger partial charge is 0.460 e. The van der Waals surface area contributed by atoms with E-state index in [0.29, 0.717) is 6.42 Å². The van der Waals surface area contributed by atoms with Crippen LogP contribution in [-0.2, 0) is 9.53 Å². The summed E-state index contributed by atoms with van der Waals surface area (Å²) < 4.78 is 43.8. The number of esters is 1. The van der Waals surface area contributed by atoms with Crippen LogP contribution in [0.2, 0.25) is 0 Å². The Morgan fingerprint density at radius 1 is 0.958 bits per heavy atom. The fourth-order valence-electron chi connectivity index (χ4n) is 2.55. The molecule has 144 valence electrons. The molecule has 0 aliphatic carbocycles. The fraction of sp³-hybridized carbons (Fsp3) is 0.944. The van der Waals surface area contributed by atoms with Gasteiger partial charge in [-0.3, -0.25) is 4.79 Å². The molecular weight excluding hydrogens is 319 g/mol. The van der Waals surface area contributed by atoms with Gasteiger partial charge in [0.2, 0.25) is 0 Å². The zero-order valence-electron chi connectivity index (χ0n) is 15.5. The molecule has 0 amide bonds. The molecule has 2 N–H and O–H groups in total. The van der Waals surface area contributed by atoms with Crippen molar-refractivity contribution in [3.05, 3.63) is 0 Å². The zero-order chi connectivity index (χ0) is 18.8. The van der Waals surface area contributed by atoms with Gasteiger partial charge in [-0.15, -0.1) is 0 Å². The topological polar surface area (TPSA) is 52.3 Å². The number of unbranched alkanes of at least 4 members (excludes halogenated alkanes) is 7. The Bertz CT molecular complexity index is 351. The number of carbonyl (C=O) groups excluding carboxylic acids is 1. The van der Waals surface area contributed by atoms with Gasteiger partial charge in [0.25, 0.3) is 0 Å². The molecule has 0 aromatic carbocycles. The van der Waals surface area contributed by atoms with Crippen molar-refractivity contribution < 1.29 is 22.7 Å². The molecule has 0 unspecified atom stereocenters. The molecule has 0 heterocycles. The lowest BCUT2D eigenvalue weighted by molar-refractivity contribution is -0.183. The van der Waals surface area contributed by atoms with E-state index in [1.807, 2.05) is 0 Å². The van der Waals surface area contributed by atoms with E-state index in [2.05, 4.69) is 6.92 Å². The SMILES string of the molecule is CCCCCCCCCC[C@H](C(=O)OC(C)(C)C)[C@H](N)C(F)(F)F. The minimum absolute atomic E-state index is 0.116. The van der Waals surface area contributed by atoms with Gasteiger partial charge in [-0.2, -0.15) is 13.2 Å². The van der Waals surface area contributed by atoms with Crippen molar-refractivity contribution in [2.24, 2.45) is 11.7 Å². The lowest BCUT2D eigenvalue weighted by Crippen LogP contribution is -2.48. The zero-order valence-corrected chi connectivity index (χ0v) is 15.5. The van der Waals surface area contributed by atoms with E-state index in [-0.39, 0.29) is 6.42 Å². The van der Waals surface area contributed by atoms with E-state index >= 15 is 0 Å². The third-order valence-corrected chi connectivity index (χ3v) is 3.89. The summed E-state index contributed by atoms with van der Waals surface area (Å²) in [5.74, 6) is -2.18. The molecule has 0 aromatic rings. The summed E-state index contributed by atoms with van der Waals surface area (Å²) in [6.45, 7) is 7.06. The second kappa shape index (κ2) is 11.0. The molecule has 0 radical (unpaired) electrons. The molecule has 0 aliphatic heterocycles. The first-order valence-electron chi connectivity index (χ1n) is 9.04. The number of hydrogen-bond acceptors (Lipinski definition) is 3. The Hall–Kier alpha value is -0.780. The molecule has 0 aromatic heterocycles. The minimum Gasteiger partial charge on any atom is -0.460 e. The van der Waals surface area contributed by atoms with Crippen molar-refractivity contribution in [2.75, 3.05) is 0 Å². The van der Waals surface area contributed by atoms with Crippen LogP contribution < -0.4 is 5.73 Å². The number of hydrogen-bond donors (Lipinski definition) is 1. The van der Waals surface area contributed by atoms with Crippen molar-refractivity contribution in [2.45, 2.75) is 103 Å². The molecule has 24 heavy (non-hydrogen) atoms. The summed E-state index contributed by atoms with van der Waals surface area (Å²) in [5.41, 5.74) is 4.47. The Labute approximate surface area is 144 Å². The first kappa shape index (κ1) is 23.2. The van der Waals surface area contributed by atoms with Crippen LogP contribution in [-0.4, -0.2) is 23.8 Å². The maximum absolute atomic E-state index is 12.9. The van der Waals surface area contributed by atoms with Gasteiger partial charge in [-0.1, -0.05) is 58.3 Å². The number of nitrogens with two attached hydrogens (primary N) is 1. The quantitative estimate of drug-likeness (QED) is 0.401. The summed E-state index contributed by atoms with van der Waals surface area (Å²) in [7, 11) is 0. The van der Waals surface area contributed by atoms with Crippen LogP contribution in [0.5, 0.6) is 0 Å². The van der Waals surface area contributed by atoms with Gasteiger partial charge in [0.15, 0.2) is 0 Å². The normalized spacial score (nSPS) is 15.2. The Morgan fingerprint density at radius 3 is 1.83 bits per heavy atom. The van der Waals surface area contributed by atoms with Crippen molar-refractivity contribution in [1.82, 2.24) is 0 Å². The van der Waals surface area contributed by atoms with E-state index in [4.69, 9.17) is 10.5 Å². The van der Waals surface area contributed by atoms with Crippen molar-refractivity contribution in [1.29, 1.82) is 0 Å². The number of halogens is 3. The molecular formula is C18H34F3NO2. The average molecular weight is 353 g/mol. The van der Waals surface area contributed by atoms with E-state index in [0.717, 1.165) is 25.7 Å². The molecule has 0 bridgehead atoms. The van der Waals surface area contributed by atoms with Gasteiger partial charge in [0.05, 0.1) is 5.92 Å². The highest BCUT2D eigenvalue weighted by Crippen LogP contribution is 2.29. The third-order valence-electron chi connectivity index (χ3n) is 3.89. The Morgan fingerprint density at radius 2 is 1.42 bits per heavy atom. The summed E-state index contributed by atoms with van der Waals surface area (Å²) in [6.07, 6.45) is 3.73. The maximum atomic E-state index is 12.9. The lowest BCUT2D eigenvalue weighted by atomic mass is 9.92. The van der Waals surface area contributed by atoms with E-state index in [1.165, 1.54) is 19.3 Å². The molecule has 0 spiro atoms. The predicted octanol–water partition coefficient (Wildman–Crippen LogP) is 5.36. The molecule has 6 heteroatoms. The van der Waals surface area contributed by atoms with E-state index in [9.17, 15) is 18.0 Å². The van der Waals surface area contributed by atoms with E-state index < -0.39 is 29.7 Å². The highest BCUT2D eigenvalue weighted by Gasteiger charge is 2.45. The monoisotopic (exact) mass is 353 g/mol. The second-order valence-electron chi connectivity index (χ2n) is 7.47. The highest BCUT2D eigenvalue weighted by atomic mass is 19.4. The molecule has 0 saturated carbocycles. The van der Waals surface area contributed by atoms with Gasteiger partial charge in [0, 0.05) is 0 Å². The van der Waals surface area contributed by atoms with E-state index in [1.54, 1.807) is 20.8 Å². The lowest BCUT2D eigenvalue weighted by Gasteiger charge is -2.28. The van der Waals surface area contributed by atoms with Crippen molar-refractivity contribution in [3.8, 4) is 0 Å². The Kier molecular flexibility index (Phi) is 10.6. The first-order chi connectivity index (χ1) is 11.0. The fourth-order valence-corrected chi connectivity index (χ4v) is 2.55. The maximum Gasteiger partial charge on any atom is 0.404 e. The van der Waals surface area contributed by atoms with Crippen LogP contribution in [0.15, 0.2) is 0 Å². The molecule has 0 fully saturated rings. The van der Waals surface area contributed by atoms with Crippen LogP contribution in [0.1, 0.15) is 85.5 Å². The van der Waals surface area contributed by atoms with Gasteiger partial charge < -0.3 is 10.5 Å². The van der Waals surface area contributed by atoms with Gasteiger partial charge in [-0.05, 0) is 27.2 Å². The van der Waals surface area contributed by atoms with Gasteiger partial charge in [-0.25, -0.2) is 0 Å². The number of rotatable bonds is 11. The number of alkyl halides is 3. The number of carbonyl (C=O) groups is 1. The predicted molar refractivity (Wildman–Crippen MR) is 90.6 cm³/mol. The second-order valence-corrected chi connectivity index (χ2v) is 7.47. The summed E-state index contributed by atoms with van der Waals surface area (Å²) in [5, 5.41) is 0. The number of ether oxygens (including phenoxy) is 1. The highest BCUT2D eigenvalue weighted by molar-refractivity contribution is 5.73. The van der Waals surface area contributed by atoms with Gasteiger partial charge in [0.1, 0.15) is 11.6 Å². The average Bonchev–Trinajstić information content (AvgIpc) is 2.42. The third kappa shape index (κ3) is 10.9. The molecule has 0 rings (SSSR count). The van der Waals surface area contributed by atoms with Crippen LogP contribution in [0.25, 0.3) is 0 Å². The first-order valence-corrected chi connectivity index (χ1v) is 9.04. The summed E-state index contributed by atoms with van der Waals surface area (Å²) in [4.78, 5) is 12.1. The smallest absolute Gasteiger partial charge is 0.404 e. The molecule has 2 atom stereocenters. The van der Waals surface area contributed by atoms with Crippen LogP contribution in [0, 0.1) is 5.92 Å².